The van der Waals surface area contributed by atoms with Crippen molar-refractivity contribution in [2.45, 2.75) is 12.8 Å². The Labute approximate surface area is 122 Å². The van der Waals surface area contributed by atoms with Gasteiger partial charge in [-0.05, 0) is 24.8 Å². The molecule has 0 bridgehead atoms. The van der Waals surface area contributed by atoms with Crippen LogP contribution in [0.1, 0.15) is 23.2 Å². The first kappa shape index (κ1) is 15.8. The Morgan fingerprint density at radius 1 is 1.52 bits per heavy atom. The van der Waals surface area contributed by atoms with Crippen LogP contribution in [-0.4, -0.2) is 43.8 Å². The molecule has 1 unspecified atom stereocenters. The smallest absolute Gasteiger partial charge is 0.274 e. The number of rotatable bonds is 4. The van der Waals surface area contributed by atoms with Gasteiger partial charge < -0.3 is 4.90 Å². The first-order valence-corrected chi connectivity index (χ1v) is 8.07. The molecule has 0 radical (unpaired) electrons. The van der Waals surface area contributed by atoms with Crippen molar-refractivity contribution in [3.8, 4) is 0 Å². The van der Waals surface area contributed by atoms with Gasteiger partial charge >= 0.3 is 0 Å². The number of hydrogen-bond acceptors (Lipinski definition) is 4. The molecular formula is C12H17FN4O3S. The van der Waals surface area contributed by atoms with Crippen molar-refractivity contribution in [2.75, 3.05) is 19.6 Å². The van der Waals surface area contributed by atoms with Crippen molar-refractivity contribution >= 4 is 16.1 Å². The highest BCUT2D eigenvalue weighted by atomic mass is 32.2. The van der Waals surface area contributed by atoms with Gasteiger partial charge in [0.05, 0.1) is 11.8 Å². The highest BCUT2D eigenvalue weighted by Crippen LogP contribution is 2.18. The van der Waals surface area contributed by atoms with Crippen molar-refractivity contribution in [1.82, 2.24) is 14.6 Å². The predicted octanol–water partition coefficient (Wildman–Crippen LogP) is -0.134. The zero-order valence-electron chi connectivity index (χ0n) is 11.3. The van der Waals surface area contributed by atoms with E-state index >= 15 is 0 Å². The second kappa shape index (κ2) is 6.46. The molecule has 0 aromatic carbocycles. The summed E-state index contributed by atoms with van der Waals surface area (Å²) in [6, 6.07) is 1.14. The van der Waals surface area contributed by atoms with Crippen LogP contribution in [0.4, 0.5) is 4.39 Å². The SMILES string of the molecule is NS(=O)(=O)NCC1CCCN(C(=O)c2cncc(F)c2)C1. The van der Waals surface area contributed by atoms with Gasteiger partial charge in [-0.1, -0.05) is 0 Å². The van der Waals surface area contributed by atoms with E-state index in [9.17, 15) is 17.6 Å². The van der Waals surface area contributed by atoms with Crippen LogP contribution in [0.2, 0.25) is 0 Å². The van der Waals surface area contributed by atoms with Gasteiger partial charge in [0.1, 0.15) is 5.82 Å². The topological polar surface area (TPSA) is 105 Å². The number of nitrogens with two attached hydrogens (primary N) is 1. The lowest BCUT2D eigenvalue weighted by Crippen LogP contribution is -2.44. The lowest BCUT2D eigenvalue weighted by molar-refractivity contribution is 0.0675. The van der Waals surface area contributed by atoms with Gasteiger partial charge in [0.2, 0.25) is 0 Å². The minimum Gasteiger partial charge on any atom is -0.338 e. The van der Waals surface area contributed by atoms with Crippen molar-refractivity contribution < 1.29 is 17.6 Å². The van der Waals surface area contributed by atoms with E-state index in [1.807, 2.05) is 0 Å². The first-order valence-electron chi connectivity index (χ1n) is 6.52. The largest absolute Gasteiger partial charge is 0.338 e. The van der Waals surface area contributed by atoms with Crippen molar-refractivity contribution in [3.05, 3.63) is 29.8 Å². The number of carbonyl (C=O) groups excluding carboxylic acids is 1. The lowest BCUT2D eigenvalue weighted by Gasteiger charge is -2.32. The van der Waals surface area contributed by atoms with Crippen LogP contribution >= 0.6 is 0 Å². The Hall–Kier alpha value is -1.58. The fourth-order valence-corrected chi connectivity index (χ4v) is 2.83. The van der Waals surface area contributed by atoms with Crippen LogP contribution in [0.5, 0.6) is 0 Å². The van der Waals surface area contributed by atoms with E-state index in [2.05, 4.69) is 9.71 Å². The summed E-state index contributed by atoms with van der Waals surface area (Å²) in [4.78, 5) is 17.5. The molecule has 0 aliphatic carbocycles. The lowest BCUT2D eigenvalue weighted by atomic mass is 9.98. The maximum Gasteiger partial charge on any atom is 0.274 e. The highest BCUT2D eigenvalue weighted by Gasteiger charge is 2.25. The van der Waals surface area contributed by atoms with Gasteiger partial charge in [-0.3, -0.25) is 9.78 Å². The minimum atomic E-state index is -3.73. The molecule has 1 atom stereocenters. The number of halogens is 1. The normalized spacial score (nSPS) is 19.5. The van der Waals surface area contributed by atoms with E-state index in [4.69, 9.17) is 5.14 Å². The molecule has 1 saturated heterocycles. The summed E-state index contributed by atoms with van der Waals surface area (Å²) in [7, 11) is -3.73. The van der Waals surface area contributed by atoms with Gasteiger partial charge in [-0.25, -0.2) is 14.3 Å². The molecule has 1 aromatic heterocycles. The third-order valence-electron chi connectivity index (χ3n) is 3.33. The molecule has 9 heteroatoms. The molecule has 2 heterocycles. The fraction of sp³-hybridized carbons (Fsp3) is 0.500. The van der Waals surface area contributed by atoms with Gasteiger partial charge in [-0.15, -0.1) is 0 Å². The van der Waals surface area contributed by atoms with E-state index in [0.29, 0.717) is 13.1 Å². The maximum atomic E-state index is 13.1. The predicted molar refractivity (Wildman–Crippen MR) is 73.9 cm³/mol. The molecule has 1 aromatic rings. The van der Waals surface area contributed by atoms with E-state index in [-0.39, 0.29) is 23.9 Å². The van der Waals surface area contributed by atoms with Crippen LogP contribution in [0, 0.1) is 11.7 Å². The molecule has 116 valence electrons. The van der Waals surface area contributed by atoms with E-state index in [0.717, 1.165) is 25.1 Å². The van der Waals surface area contributed by atoms with Gasteiger partial charge in [0.25, 0.3) is 16.1 Å². The summed E-state index contributed by atoms with van der Waals surface area (Å²) < 4.78 is 37.1. The minimum absolute atomic E-state index is 0.0115. The van der Waals surface area contributed by atoms with Crippen molar-refractivity contribution in [2.24, 2.45) is 11.1 Å². The van der Waals surface area contributed by atoms with Crippen LogP contribution in [-0.2, 0) is 10.2 Å². The van der Waals surface area contributed by atoms with E-state index in [1.165, 1.54) is 6.20 Å². The number of nitrogens with one attached hydrogen (secondary N) is 1. The van der Waals surface area contributed by atoms with Crippen LogP contribution in [0.3, 0.4) is 0 Å². The molecule has 3 N–H and O–H groups in total. The van der Waals surface area contributed by atoms with Crippen LogP contribution in [0.15, 0.2) is 18.5 Å². The number of pyridine rings is 1. The van der Waals surface area contributed by atoms with Crippen LogP contribution < -0.4 is 9.86 Å². The Bertz CT molecular complexity index is 623. The average Bonchev–Trinajstić information content (AvgIpc) is 2.44. The first-order chi connectivity index (χ1) is 9.85. The number of piperidine rings is 1. The molecule has 1 fully saturated rings. The summed E-state index contributed by atoms with van der Waals surface area (Å²) in [6.45, 7) is 1.14. The monoisotopic (exact) mass is 316 g/mol. The Kier molecular flexibility index (Phi) is 4.86. The standard InChI is InChI=1S/C12H17FN4O3S/c13-11-4-10(6-15-7-11)12(18)17-3-1-2-9(8-17)5-16-21(14,19)20/h4,6-7,9,16H,1-3,5,8H2,(H2,14,19,20). The number of aromatic nitrogens is 1. The number of carbonyl (C=O) groups is 1. The number of hydrogen-bond donors (Lipinski definition) is 2. The Morgan fingerprint density at radius 3 is 2.95 bits per heavy atom. The number of amides is 1. The molecule has 0 spiro atoms. The molecule has 2 rings (SSSR count). The summed E-state index contributed by atoms with van der Waals surface area (Å²) in [5.74, 6) is -0.879. The van der Waals surface area contributed by atoms with Crippen LogP contribution in [0.25, 0.3) is 0 Å². The Morgan fingerprint density at radius 2 is 2.29 bits per heavy atom. The molecular weight excluding hydrogens is 299 g/mol. The maximum absolute atomic E-state index is 13.1. The van der Waals surface area contributed by atoms with Crippen molar-refractivity contribution in [1.29, 1.82) is 0 Å². The third-order valence-corrected chi connectivity index (χ3v) is 3.90. The molecule has 7 nitrogen and oxygen atoms in total. The summed E-state index contributed by atoms with van der Waals surface area (Å²) >= 11 is 0. The highest BCUT2D eigenvalue weighted by molar-refractivity contribution is 7.87. The average molecular weight is 316 g/mol. The second-order valence-electron chi connectivity index (χ2n) is 5.04. The molecule has 21 heavy (non-hydrogen) atoms. The van der Waals surface area contributed by atoms with E-state index in [1.54, 1.807) is 4.90 Å². The number of nitrogens with zero attached hydrogens (tertiary/aromatic N) is 2. The molecule has 1 aliphatic heterocycles. The molecule has 1 aliphatic rings. The zero-order chi connectivity index (χ0) is 15.5. The molecule has 1 amide bonds. The second-order valence-corrected chi connectivity index (χ2v) is 6.42. The van der Waals surface area contributed by atoms with Crippen molar-refractivity contribution in [3.63, 3.8) is 0 Å². The Balaban J connectivity index is 1.99. The summed E-state index contributed by atoms with van der Waals surface area (Å²) in [5, 5.41) is 4.89. The quantitative estimate of drug-likeness (QED) is 0.807. The number of likely N-dealkylation sites (tertiary alicyclic amines) is 1. The summed E-state index contributed by atoms with van der Waals surface area (Å²) in [6.07, 6.45) is 3.91. The van der Waals surface area contributed by atoms with Gasteiger partial charge in [0.15, 0.2) is 0 Å². The van der Waals surface area contributed by atoms with Gasteiger partial charge in [-0.2, -0.15) is 8.42 Å². The molecule has 0 saturated carbocycles. The third kappa shape index (κ3) is 4.73. The van der Waals surface area contributed by atoms with E-state index < -0.39 is 16.0 Å². The summed E-state index contributed by atoms with van der Waals surface area (Å²) in [5.41, 5.74) is 0.190. The zero-order valence-corrected chi connectivity index (χ0v) is 12.1. The van der Waals surface area contributed by atoms with Gasteiger partial charge in [0, 0.05) is 25.8 Å². The fourth-order valence-electron chi connectivity index (χ4n) is 2.36.